The smallest absolute Gasteiger partial charge is 1.00 e. The van der Waals surface area contributed by atoms with Crippen LogP contribution in [0.15, 0.2) is 111 Å². The molecule has 0 amide bonds. The summed E-state index contributed by atoms with van der Waals surface area (Å²) in [4.78, 5) is 0. The zero-order valence-electron chi connectivity index (χ0n) is 23.3. The first-order chi connectivity index (χ1) is 17.9. The van der Waals surface area contributed by atoms with E-state index in [1.165, 1.54) is 50.1 Å². The molecule has 0 spiro atoms. The summed E-state index contributed by atoms with van der Waals surface area (Å²) >= 11 is -2.67. The van der Waals surface area contributed by atoms with Gasteiger partial charge in [0.15, 0.2) is 0 Å². The Kier molecular flexibility index (Phi) is 9.17. The van der Waals surface area contributed by atoms with E-state index >= 15 is 0 Å². The molecular weight excluding hydrogens is 595 g/mol. The number of halogens is 2. The van der Waals surface area contributed by atoms with Crippen LogP contribution >= 0.6 is 0 Å². The van der Waals surface area contributed by atoms with Gasteiger partial charge in [-0.2, -0.15) is 0 Å². The van der Waals surface area contributed by atoms with Crippen molar-refractivity contribution < 1.29 is 46.1 Å². The topological polar surface area (TPSA) is 0 Å². The zero-order chi connectivity index (χ0) is 25.7. The Balaban J connectivity index is 0.00000176. The number of benzene rings is 4. The maximum Gasteiger partial charge on any atom is -1.00 e. The summed E-state index contributed by atoms with van der Waals surface area (Å²) in [6, 6.07) is 34.8. The van der Waals surface area contributed by atoms with Gasteiger partial charge in [-0.05, 0) is 0 Å². The van der Waals surface area contributed by atoms with E-state index in [1.807, 2.05) is 0 Å². The molecule has 0 fully saturated rings. The first-order valence-electron chi connectivity index (χ1n) is 13.4. The molecule has 0 nitrogen and oxygen atoms in total. The van der Waals surface area contributed by atoms with E-state index in [4.69, 9.17) is 0 Å². The second-order valence-corrected chi connectivity index (χ2v) is 16.5. The molecule has 196 valence electrons. The van der Waals surface area contributed by atoms with Gasteiger partial charge in [-0.25, -0.2) is 0 Å². The summed E-state index contributed by atoms with van der Waals surface area (Å²) in [5.41, 5.74) is 14.3. The number of allylic oxidation sites excluding steroid dienone is 4. The van der Waals surface area contributed by atoms with Crippen molar-refractivity contribution in [3.63, 3.8) is 0 Å². The van der Waals surface area contributed by atoms with Crippen molar-refractivity contribution in [1.82, 2.24) is 0 Å². The summed E-state index contributed by atoms with van der Waals surface area (Å²) in [5, 5.41) is 0. The van der Waals surface area contributed by atoms with Crippen LogP contribution in [-0.2, 0) is 27.7 Å². The molecule has 0 radical (unpaired) electrons. The van der Waals surface area contributed by atoms with Gasteiger partial charge in [0, 0.05) is 0 Å². The SMILES string of the molecule is CC1=CC(C)[C]([Zr+2](=[C](c2ccc(C)cc2)c2ccc(C)cc2)[c]2cccc3c2Cc2ccccc2-3)=C1C.[Cl-].[Cl-]. The molecule has 0 heterocycles. The van der Waals surface area contributed by atoms with E-state index in [2.05, 4.69) is 132 Å². The van der Waals surface area contributed by atoms with Gasteiger partial charge in [0.2, 0.25) is 0 Å². The summed E-state index contributed by atoms with van der Waals surface area (Å²) < 4.78 is 4.99. The maximum atomic E-state index is 2.51. The largest absolute Gasteiger partial charge is 1.00 e. The van der Waals surface area contributed by atoms with Crippen LogP contribution in [-0.4, -0.2) is 3.21 Å². The fourth-order valence-corrected chi connectivity index (χ4v) is 15.2. The van der Waals surface area contributed by atoms with Crippen molar-refractivity contribution in [2.24, 2.45) is 5.92 Å². The Labute approximate surface area is 253 Å². The van der Waals surface area contributed by atoms with Gasteiger partial charge in [0.25, 0.3) is 0 Å². The molecule has 0 aliphatic heterocycles. The minimum Gasteiger partial charge on any atom is -1.00 e. The van der Waals surface area contributed by atoms with E-state index in [1.54, 1.807) is 15.3 Å². The third-order valence-electron chi connectivity index (χ3n) is 8.27. The van der Waals surface area contributed by atoms with E-state index in [0.29, 0.717) is 5.92 Å². The van der Waals surface area contributed by atoms with Crippen LogP contribution in [0.2, 0.25) is 0 Å². The minimum atomic E-state index is -2.67. The summed E-state index contributed by atoms with van der Waals surface area (Å²) in [6.07, 6.45) is 3.55. The first-order valence-corrected chi connectivity index (χ1v) is 17.1. The molecule has 4 aromatic carbocycles. The monoisotopic (exact) mass is 626 g/mol. The van der Waals surface area contributed by atoms with Crippen molar-refractivity contribution >= 4 is 6.48 Å². The second-order valence-electron chi connectivity index (χ2n) is 10.8. The van der Waals surface area contributed by atoms with Crippen molar-refractivity contribution in [1.29, 1.82) is 0 Å². The van der Waals surface area contributed by atoms with Crippen molar-refractivity contribution in [2.75, 3.05) is 0 Å². The summed E-state index contributed by atoms with van der Waals surface area (Å²) in [5.74, 6) is 0.486. The maximum absolute atomic E-state index is 2.67. The van der Waals surface area contributed by atoms with Crippen LogP contribution in [0.3, 0.4) is 0 Å². The second kappa shape index (κ2) is 12.1. The van der Waals surface area contributed by atoms with Crippen LogP contribution in [0.25, 0.3) is 11.1 Å². The Morgan fingerprint density at radius 2 is 1.23 bits per heavy atom. The molecule has 2 aliphatic carbocycles. The molecule has 4 aromatic rings. The van der Waals surface area contributed by atoms with Gasteiger partial charge in [-0.15, -0.1) is 0 Å². The molecular formula is C36H34Cl2Zr. The van der Waals surface area contributed by atoms with Crippen LogP contribution in [0, 0.1) is 19.8 Å². The Morgan fingerprint density at radius 1 is 0.667 bits per heavy atom. The quantitative estimate of drug-likeness (QED) is 0.287. The summed E-state index contributed by atoms with van der Waals surface area (Å²) in [6.45, 7) is 11.5. The van der Waals surface area contributed by atoms with Gasteiger partial charge in [-0.3, -0.25) is 0 Å². The number of hydrogen-bond donors (Lipinski definition) is 0. The Hall–Kier alpha value is -2.31. The molecule has 1 unspecified atom stereocenters. The number of fused-ring (bicyclic) bond motifs is 3. The first kappa shape index (κ1) is 29.7. The normalized spacial score (nSPS) is 14.9. The van der Waals surface area contributed by atoms with Gasteiger partial charge >= 0.3 is 231 Å². The molecule has 0 saturated heterocycles. The van der Waals surface area contributed by atoms with Crippen molar-refractivity contribution in [3.8, 4) is 11.1 Å². The fraction of sp³-hybridized carbons (Fsp3) is 0.194. The third kappa shape index (κ3) is 5.39. The number of rotatable bonds is 4. The zero-order valence-corrected chi connectivity index (χ0v) is 27.2. The molecule has 0 N–H and O–H groups in total. The van der Waals surface area contributed by atoms with E-state index in [9.17, 15) is 0 Å². The third-order valence-corrected chi connectivity index (χ3v) is 16.8. The van der Waals surface area contributed by atoms with Crippen LogP contribution < -0.4 is 28.1 Å². The van der Waals surface area contributed by atoms with Gasteiger partial charge in [-0.1, -0.05) is 0 Å². The van der Waals surface area contributed by atoms with Crippen LogP contribution in [0.1, 0.15) is 54.2 Å². The molecule has 0 bridgehead atoms. The average molecular weight is 629 g/mol. The van der Waals surface area contributed by atoms with E-state index in [0.717, 1.165) is 6.42 Å². The fourth-order valence-electron chi connectivity index (χ4n) is 6.25. The molecule has 2 aliphatic rings. The molecule has 0 saturated carbocycles. The standard InChI is InChI=1S/C15H14.C13H9.C8H11.2ClH.Zr/c1-12-3-7-14(8-4-12)11-15-9-5-13(2)6-10-15;1-3-7-12-10(5-1)9-11-6-2-4-8-13(11)12;1-6-4-7(2)8(3)5-6;;;/h3-10H,1-2H3;1-5,7-8H,9H2;4,6H,1-3H3;2*1H;/q;;;;;+2/p-2. The van der Waals surface area contributed by atoms with E-state index < -0.39 is 21.3 Å². The predicted octanol–water partition coefficient (Wildman–Crippen LogP) is 2.27. The van der Waals surface area contributed by atoms with Crippen LogP contribution in [0.4, 0.5) is 0 Å². The van der Waals surface area contributed by atoms with Crippen LogP contribution in [0.5, 0.6) is 0 Å². The number of hydrogen-bond acceptors (Lipinski definition) is 0. The molecule has 1 atom stereocenters. The molecule has 39 heavy (non-hydrogen) atoms. The molecule has 0 aromatic heterocycles. The molecule has 3 heteroatoms. The van der Waals surface area contributed by atoms with Gasteiger partial charge in [0.05, 0.1) is 0 Å². The van der Waals surface area contributed by atoms with Gasteiger partial charge in [0.1, 0.15) is 0 Å². The van der Waals surface area contributed by atoms with Gasteiger partial charge < -0.3 is 24.8 Å². The minimum absolute atomic E-state index is 0. The average Bonchev–Trinajstić information content (AvgIpc) is 3.40. The Bertz CT molecular complexity index is 1570. The number of aryl methyl sites for hydroxylation is 2. The summed E-state index contributed by atoms with van der Waals surface area (Å²) in [7, 11) is 0. The molecule has 6 rings (SSSR count). The van der Waals surface area contributed by atoms with E-state index in [-0.39, 0.29) is 24.8 Å². The van der Waals surface area contributed by atoms with Crippen molar-refractivity contribution in [3.05, 3.63) is 145 Å². The Morgan fingerprint density at radius 3 is 1.79 bits per heavy atom. The predicted molar refractivity (Wildman–Crippen MR) is 156 cm³/mol. The van der Waals surface area contributed by atoms with Crippen molar-refractivity contribution in [2.45, 2.75) is 41.0 Å².